The fourth-order valence-corrected chi connectivity index (χ4v) is 13.2. The van der Waals surface area contributed by atoms with Crippen LogP contribution in [0.25, 0.3) is 10.1 Å². The van der Waals surface area contributed by atoms with E-state index in [-0.39, 0.29) is 39.8 Å². The zero-order chi connectivity index (χ0) is 44.1. The molecule has 9 rings (SSSR count). The van der Waals surface area contributed by atoms with Crippen molar-refractivity contribution in [3.63, 3.8) is 0 Å². The number of rotatable bonds is 4. The largest absolute Gasteiger partial charge is 0.338 e. The van der Waals surface area contributed by atoms with Crippen LogP contribution in [0.15, 0.2) is 60.2 Å². The topological polar surface area (TPSA) is 6.48 Å². The highest BCUT2D eigenvalue weighted by atomic mass is 32.1. The van der Waals surface area contributed by atoms with Gasteiger partial charge in [-0.15, -0.1) is 17.8 Å². The third-order valence-corrected chi connectivity index (χ3v) is 17.0. The molecule has 0 N–H and O–H groups in total. The van der Waals surface area contributed by atoms with Crippen molar-refractivity contribution in [3.8, 4) is 12.3 Å². The van der Waals surface area contributed by atoms with Gasteiger partial charge >= 0.3 is 0 Å². The van der Waals surface area contributed by atoms with Crippen LogP contribution in [0.3, 0.4) is 0 Å². The number of aryl methyl sites for hydroxylation is 4. The number of benzene rings is 4. The zero-order valence-electron chi connectivity index (χ0n) is 40.3. The molecule has 1 unspecified atom stereocenters. The van der Waals surface area contributed by atoms with Crippen LogP contribution in [0, 0.1) is 45.5 Å². The molecule has 0 bridgehead atoms. The van der Waals surface area contributed by atoms with Crippen molar-refractivity contribution < 1.29 is 0 Å². The summed E-state index contributed by atoms with van der Waals surface area (Å²) in [6, 6.07) is 20.2. The van der Waals surface area contributed by atoms with Crippen LogP contribution in [0.4, 0.5) is 28.4 Å². The SMILES string of the molecule is C#C/C(=C\CC(C)N1c2cc(C)cc3c2B(c2sc4ccc(C)cc4c21)c1c(C)cc2c(c1N3c1cc3c(cc1C)C(C)(C)CCC3(C)C)C(C)(C)CCC2(C)C)C(C)(C)C. The Morgan fingerprint density at radius 2 is 1.31 bits per heavy atom. The van der Waals surface area contributed by atoms with Crippen LogP contribution < -0.4 is 25.5 Å². The van der Waals surface area contributed by atoms with Gasteiger partial charge in [0.05, 0.1) is 5.69 Å². The van der Waals surface area contributed by atoms with Gasteiger partial charge in [0.15, 0.2) is 0 Å². The Morgan fingerprint density at radius 3 is 1.95 bits per heavy atom. The van der Waals surface area contributed by atoms with Gasteiger partial charge in [-0.1, -0.05) is 117 Å². The first-order chi connectivity index (χ1) is 28.4. The molecule has 4 aromatic carbocycles. The van der Waals surface area contributed by atoms with Crippen LogP contribution in [0.2, 0.25) is 0 Å². The summed E-state index contributed by atoms with van der Waals surface area (Å²) in [6.45, 7) is 38.6. The highest BCUT2D eigenvalue weighted by molar-refractivity contribution is 7.33. The zero-order valence-corrected chi connectivity index (χ0v) is 41.1. The number of allylic oxidation sites excluding steroid dienone is 1. The molecule has 2 aliphatic carbocycles. The van der Waals surface area contributed by atoms with E-state index in [1.165, 1.54) is 112 Å². The molecule has 2 nitrogen and oxygen atoms in total. The first-order valence-corrected chi connectivity index (χ1v) is 24.0. The minimum atomic E-state index is -0.0823. The lowest BCUT2D eigenvalue weighted by Crippen LogP contribution is -2.63. The summed E-state index contributed by atoms with van der Waals surface area (Å²) >= 11 is 2.03. The summed E-state index contributed by atoms with van der Waals surface area (Å²) in [5.74, 6) is 3.07. The molecular weight excluding hydrogens is 756 g/mol. The van der Waals surface area contributed by atoms with Gasteiger partial charge in [-0.25, -0.2) is 0 Å². The van der Waals surface area contributed by atoms with Gasteiger partial charge in [0.1, 0.15) is 0 Å². The predicted molar refractivity (Wildman–Crippen MR) is 270 cm³/mol. The lowest BCUT2D eigenvalue weighted by molar-refractivity contribution is 0.331. The second-order valence-corrected chi connectivity index (χ2v) is 24.4. The number of hydrogen-bond acceptors (Lipinski definition) is 3. The molecule has 5 aromatic rings. The number of nitrogens with zero attached hydrogens (tertiary/aromatic N) is 2. The molecule has 2 aliphatic heterocycles. The van der Waals surface area contributed by atoms with Crippen LogP contribution in [-0.4, -0.2) is 12.8 Å². The summed E-state index contributed by atoms with van der Waals surface area (Å²) < 4.78 is 2.84. The van der Waals surface area contributed by atoms with Crippen LogP contribution in [-0.2, 0) is 21.7 Å². The monoisotopic (exact) mass is 825 g/mol. The Kier molecular flexibility index (Phi) is 9.43. The summed E-state index contributed by atoms with van der Waals surface area (Å²) in [6.07, 6.45) is 14.2. The molecule has 61 heavy (non-hydrogen) atoms. The van der Waals surface area contributed by atoms with Crippen molar-refractivity contribution in [1.29, 1.82) is 0 Å². The minimum absolute atomic E-state index is 0.00212. The summed E-state index contributed by atoms with van der Waals surface area (Å²) in [5.41, 5.74) is 22.6. The second-order valence-electron chi connectivity index (χ2n) is 23.4. The molecule has 1 atom stereocenters. The molecule has 0 saturated carbocycles. The van der Waals surface area contributed by atoms with E-state index in [4.69, 9.17) is 6.42 Å². The van der Waals surface area contributed by atoms with E-state index in [1.54, 1.807) is 5.56 Å². The molecule has 0 radical (unpaired) electrons. The van der Waals surface area contributed by atoms with Crippen molar-refractivity contribution in [2.45, 2.75) is 171 Å². The molecule has 0 saturated heterocycles. The number of hydrogen-bond donors (Lipinski definition) is 0. The van der Waals surface area contributed by atoms with Gasteiger partial charge in [0.2, 0.25) is 0 Å². The second kappa shape index (κ2) is 13.7. The molecular formula is C57H69BN2S. The summed E-state index contributed by atoms with van der Waals surface area (Å²) in [7, 11) is 0. The molecule has 3 heterocycles. The van der Waals surface area contributed by atoms with Crippen molar-refractivity contribution in [2.75, 3.05) is 9.80 Å². The predicted octanol–water partition coefficient (Wildman–Crippen LogP) is 14.0. The quantitative estimate of drug-likeness (QED) is 0.129. The molecule has 4 heteroatoms. The van der Waals surface area contributed by atoms with E-state index in [0.29, 0.717) is 0 Å². The highest BCUT2D eigenvalue weighted by Crippen LogP contribution is 2.56. The average molecular weight is 825 g/mol. The maximum absolute atomic E-state index is 6.20. The minimum Gasteiger partial charge on any atom is -0.338 e. The molecule has 316 valence electrons. The van der Waals surface area contributed by atoms with Crippen molar-refractivity contribution in [3.05, 3.63) is 105 Å². The number of thiophene rings is 1. The van der Waals surface area contributed by atoms with Gasteiger partial charge in [-0.2, -0.15) is 0 Å². The Labute approximate surface area is 373 Å². The van der Waals surface area contributed by atoms with Gasteiger partial charge in [0.25, 0.3) is 6.71 Å². The normalized spacial score (nSPS) is 19.7. The standard InChI is InChI=1S/C57H69BN2S/c1-18-38(53(7,8)9)21-20-37(6)59-44-28-34(3)29-45-49(44)58(52-50(59)39-27-33(2)19-22-46(39)61-52)48-36(5)31-42-47(57(16,17)26-25-56(42,14)15)51(48)60(45)43-32-41-40(30-35(43)4)54(10,11)23-24-55(41,12)13/h1,19,21-22,27-32,37H,20,23-26H2,2-17H3/b38-21+. The van der Waals surface area contributed by atoms with Gasteiger partial charge in [0, 0.05) is 49.2 Å². The third-order valence-electron chi connectivity index (χ3n) is 15.7. The van der Waals surface area contributed by atoms with E-state index in [9.17, 15) is 0 Å². The Hall–Kier alpha value is -4.20. The van der Waals surface area contributed by atoms with E-state index in [1.807, 2.05) is 11.3 Å². The van der Waals surface area contributed by atoms with E-state index in [2.05, 4.69) is 181 Å². The number of fused-ring (bicyclic) bond motifs is 9. The van der Waals surface area contributed by atoms with Crippen LogP contribution in [0.5, 0.6) is 0 Å². The fraction of sp³-hybridized carbons (Fsp3) is 0.474. The molecule has 0 fully saturated rings. The summed E-state index contributed by atoms with van der Waals surface area (Å²) in [4.78, 5) is 5.54. The van der Waals surface area contributed by atoms with E-state index < -0.39 is 0 Å². The Balaban J connectivity index is 1.43. The molecule has 1 aromatic heterocycles. The maximum atomic E-state index is 6.20. The van der Waals surface area contributed by atoms with E-state index in [0.717, 1.165) is 18.4 Å². The maximum Gasteiger partial charge on any atom is 0.264 e. The average Bonchev–Trinajstić information content (AvgIpc) is 3.53. The fourth-order valence-electron chi connectivity index (χ4n) is 11.9. The van der Waals surface area contributed by atoms with Crippen molar-refractivity contribution >= 4 is 72.3 Å². The van der Waals surface area contributed by atoms with Crippen molar-refractivity contribution in [2.24, 2.45) is 5.41 Å². The number of anilines is 5. The first kappa shape index (κ1) is 42.1. The van der Waals surface area contributed by atoms with E-state index >= 15 is 0 Å². The lowest BCUT2D eigenvalue weighted by Gasteiger charge is -2.51. The molecule has 0 amide bonds. The lowest BCUT2D eigenvalue weighted by atomic mass is 9.34. The van der Waals surface area contributed by atoms with Crippen molar-refractivity contribution in [1.82, 2.24) is 0 Å². The van der Waals surface area contributed by atoms with Gasteiger partial charge in [-0.05, 0) is 168 Å². The number of terminal acetylenes is 1. The first-order valence-electron chi connectivity index (χ1n) is 23.2. The Morgan fingerprint density at radius 1 is 0.721 bits per heavy atom. The summed E-state index contributed by atoms with van der Waals surface area (Å²) in [5, 5.41) is 1.37. The highest BCUT2D eigenvalue weighted by Gasteiger charge is 2.51. The van der Waals surface area contributed by atoms with Gasteiger partial charge in [-0.3, -0.25) is 0 Å². The molecule has 0 spiro atoms. The molecule has 4 aliphatic rings. The van der Waals surface area contributed by atoms with Crippen LogP contribution in [0.1, 0.15) is 160 Å². The van der Waals surface area contributed by atoms with Gasteiger partial charge < -0.3 is 9.80 Å². The Bertz CT molecular complexity index is 2750. The third kappa shape index (κ3) is 6.33. The van der Waals surface area contributed by atoms with Crippen LogP contribution >= 0.6 is 11.3 Å². The smallest absolute Gasteiger partial charge is 0.264 e.